The second kappa shape index (κ2) is 5.83. The molecular weight excluding hydrogens is 311 g/mol. The van der Waals surface area contributed by atoms with E-state index in [9.17, 15) is 22.0 Å². The predicted molar refractivity (Wildman–Crippen MR) is 77.1 cm³/mol. The average molecular weight is 320 g/mol. The van der Waals surface area contributed by atoms with Crippen molar-refractivity contribution in [3.8, 4) is 22.3 Å². The molecule has 0 heterocycles. The van der Waals surface area contributed by atoms with Crippen LogP contribution >= 0.6 is 0 Å². The first kappa shape index (κ1) is 15.2. The zero-order valence-electron chi connectivity index (χ0n) is 11.6. The molecule has 0 atom stereocenters. The molecule has 0 spiro atoms. The van der Waals surface area contributed by atoms with Crippen LogP contribution < -0.4 is 0 Å². The van der Waals surface area contributed by atoms with Gasteiger partial charge in [0.2, 0.25) is 0 Å². The van der Waals surface area contributed by atoms with Crippen molar-refractivity contribution in [2.75, 3.05) is 0 Å². The van der Waals surface area contributed by atoms with E-state index < -0.39 is 29.1 Å². The second-order valence-electron chi connectivity index (χ2n) is 4.91. The van der Waals surface area contributed by atoms with Crippen LogP contribution in [0.4, 0.5) is 22.0 Å². The van der Waals surface area contributed by atoms with Gasteiger partial charge < -0.3 is 0 Å². The van der Waals surface area contributed by atoms with Crippen molar-refractivity contribution in [3.63, 3.8) is 0 Å². The molecule has 0 aliphatic rings. The molecule has 0 saturated heterocycles. The molecule has 0 bridgehead atoms. The van der Waals surface area contributed by atoms with Crippen LogP contribution in [0.2, 0.25) is 0 Å². The fraction of sp³-hybridized carbons (Fsp3) is 0. The van der Waals surface area contributed by atoms with E-state index in [-0.39, 0.29) is 22.3 Å². The Morgan fingerprint density at radius 1 is 0.478 bits per heavy atom. The SMILES string of the molecule is Fc1ccc(-c2cccc(F)c2-c2ccc(F)cc2F)c(F)c1. The monoisotopic (exact) mass is 320 g/mol. The predicted octanol–water partition coefficient (Wildman–Crippen LogP) is 5.72. The summed E-state index contributed by atoms with van der Waals surface area (Å²) in [6, 6.07) is 9.30. The Kier molecular flexibility index (Phi) is 3.86. The van der Waals surface area contributed by atoms with E-state index >= 15 is 0 Å². The van der Waals surface area contributed by atoms with Crippen molar-refractivity contribution in [3.05, 3.63) is 83.7 Å². The van der Waals surface area contributed by atoms with Crippen LogP contribution in [0.5, 0.6) is 0 Å². The van der Waals surface area contributed by atoms with Gasteiger partial charge in [0.05, 0.1) is 0 Å². The van der Waals surface area contributed by atoms with Crippen molar-refractivity contribution in [1.82, 2.24) is 0 Å². The van der Waals surface area contributed by atoms with E-state index in [1.165, 1.54) is 12.1 Å². The van der Waals surface area contributed by atoms with E-state index in [2.05, 4.69) is 0 Å². The third kappa shape index (κ3) is 2.82. The van der Waals surface area contributed by atoms with Gasteiger partial charge in [0.1, 0.15) is 29.1 Å². The smallest absolute Gasteiger partial charge is 0.134 e. The molecule has 0 N–H and O–H groups in total. The van der Waals surface area contributed by atoms with Crippen LogP contribution in [0.3, 0.4) is 0 Å². The van der Waals surface area contributed by atoms with Gasteiger partial charge in [0.15, 0.2) is 0 Å². The Morgan fingerprint density at radius 2 is 1.04 bits per heavy atom. The van der Waals surface area contributed by atoms with Crippen molar-refractivity contribution in [2.24, 2.45) is 0 Å². The van der Waals surface area contributed by atoms with Crippen LogP contribution in [0.25, 0.3) is 22.3 Å². The average Bonchev–Trinajstić information content (AvgIpc) is 2.48. The minimum absolute atomic E-state index is 0.0491. The standard InChI is InChI=1S/C18H9F5/c19-10-4-6-12(16(22)8-10)13-2-1-3-15(21)18(13)14-7-5-11(20)9-17(14)23/h1-9H. The summed E-state index contributed by atoms with van der Waals surface area (Å²) >= 11 is 0. The molecule has 0 saturated carbocycles. The summed E-state index contributed by atoms with van der Waals surface area (Å²) in [6.45, 7) is 0. The molecule has 0 aliphatic heterocycles. The molecule has 0 aromatic heterocycles. The summed E-state index contributed by atoms with van der Waals surface area (Å²) in [4.78, 5) is 0. The molecule has 3 aromatic rings. The fourth-order valence-electron chi connectivity index (χ4n) is 2.42. The highest BCUT2D eigenvalue weighted by molar-refractivity contribution is 5.84. The lowest BCUT2D eigenvalue weighted by Gasteiger charge is -2.13. The highest BCUT2D eigenvalue weighted by Gasteiger charge is 2.18. The van der Waals surface area contributed by atoms with E-state index in [1.54, 1.807) is 0 Å². The van der Waals surface area contributed by atoms with Crippen molar-refractivity contribution < 1.29 is 22.0 Å². The van der Waals surface area contributed by atoms with Crippen LogP contribution in [0, 0.1) is 29.1 Å². The van der Waals surface area contributed by atoms with Gasteiger partial charge in [-0.05, 0) is 35.9 Å². The molecule has 0 radical (unpaired) electrons. The highest BCUT2D eigenvalue weighted by atomic mass is 19.1. The lowest BCUT2D eigenvalue weighted by Crippen LogP contribution is -1.95. The van der Waals surface area contributed by atoms with Gasteiger partial charge in [0, 0.05) is 28.8 Å². The summed E-state index contributed by atoms with van der Waals surface area (Å²) in [6.07, 6.45) is 0. The molecule has 3 rings (SSSR count). The number of rotatable bonds is 2. The molecule has 0 fully saturated rings. The minimum Gasteiger partial charge on any atom is -0.207 e. The Hall–Kier alpha value is -2.69. The van der Waals surface area contributed by atoms with E-state index in [1.807, 2.05) is 0 Å². The maximum atomic E-state index is 14.3. The van der Waals surface area contributed by atoms with Crippen LogP contribution in [-0.2, 0) is 0 Å². The number of benzene rings is 3. The Bertz CT molecular complexity index is 887. The number of hydrogen-bond donors (Lipinski definition) is 0. The summed E-state index contributed by atoms with van der Waals surface area (Å²) in [5, 5.41) is 0. The van der Waals surface area contributed by atoms with Crippen molar-refractivity contribution in [1.29, 1.82) is 0 Å². The van der Waals surface area contributed by atoms with Crippen molar-refractivity contribution >= 4 is 0 Å². The quantitative estimate of drug-likeness (QED) is 0.530. The van der Waals surface area contributed by atoms with Gasteiger partial charge in [-0.3, -0.25) is 0 Å². The fourth-order valence-corrected chi connectivity index (χ4v) is 2.42. The third-order valence-electron chi connectivity index (χ3n) is 3.44. The first-order valence-corrected chi connectivity index (χ1v) is 6.66. The lowest BCUT2D eigenvalue weighted by atomic mass is 9.93. The molecule has 0 unspecified atom stereocenters. The van der Waals surface area contributed by atoms with E-state index in [4.69, 9.17) is 0 Å². The Balaban J connectivity index is 2.29. The van der Waals surface area contributed by atoms with Gasteiger partial charge >= 0.3 is 0 Å². The lowest BCUT2D eigenvalue weighted by molar-refractivity contribution is 0.581. The molecule has 0 nitrogen and oxygen atoms in total. The topological polar surface area (TPSA) is 0 Å². The van der Waals surface area contributed by atoms with Gasteiger partial charge in [-0.25, -0.2) is 22.0 Å². The molecule has 3 aromatic carbocycles. The van der Waals surface area contributed by atoms with Gasteiger partial charge in [-0.15, -0.1) is 0 Å². The van der Waals surface area contributed by atoms with Crippen LogP contribution in [0.1, 0.15) is 0 Å². The molecule has 0 aliphatic carbocycles. The van der Waals surface area contributed by atoms with Gasteiger partial charge in [-0.1, -0.05) is 12.1 Å². The maximum Gasteiger partial charge on any atom is 0.134 e. The molecule has 5 heteroatoms. The largest absolute Gasteiger partial charge is 0.207 e. The second-order valence-corrected chi connectivity index (χ2v) is 4.91. The maximum absolute atomic E-state index is 14.3. The zero-order valence-corrected chi connectivity index (χ0v) is 11.6. The summed E-state index contributed by atoms with van der Waals surface area (Å²) in [5.74, 6) is -4.26. The molecule has 116 valence electrons. The summed E-state index contributed by atoms with van der Waals surface area (Å²) < 4.78 is 68.4. The third-order valence-corrected chi connectivity index (χ3v) is 3.44. The zero-order chi connectivity index (χ0) is 16.6. The molecule has 23 heavy (non-hydrogen) atoms. The van der Waals surface area contributed by atoms with Crippen molar-refractivity contribution in [2.45, 2.75) is 0 Å². The van der Waals surface area contributed by atoms with E-state index in [0.717, 1.165) is 30.3 Å². The first-order chi connectivity index (χ1) is 11.0. The van der Waals surface area contributed by atoms with Crippen LogP contribution in [-0.4, -0.2) is 0 Å². The Labute approximate surface area is 128 Å². The summed E-state index contributed by atoms with van der Waals surface area (Å²) in [7, 11) is 0. The van der Waals surface area contributed by atoms with Gasteiger partial charge in [0.25, 0.3) is 0 Å². The van der Waals surface area contributed by atoms with Crippen LogP contribution in [0.15, 0.2) is 54.6 Å². The number of hydrogen-bond acceptors (Lipinski definition) is 0. The Morgan fingerprint density at radius 3 is 1.61 bits per heavy atom. The molecular formula is C18H9F5. The van der Waals surface area contributed by atoms with E-state index in [0.29, 0.717) is 12.1 Å². The first-order valence-electron chi connectivity index (χ1n) is 6.66. The highest BCUT2D eigenvalue weighted by Crippen LogP contribution is 2.37. The van der Waals surface area contributed by atoms with Gasteiger partial charge in [-0.2, -0.15) is 0 Å². The molecule has 0 amide bonds. The summed E-state index contributed by atoms with van der Waals surface area (Å²) in [5.41, 5.74) is -0.448. The number of halogens is 5. The normalized spacial score (nSPS) is 10.8. The minimum atomic E-state index is -0.973.